The average Bonchev–Trinajstić information content (AvgIpc) is 3.10. The van der Waals surface area contributed by atoms with Crippen LogP contribution >= 0.6 is 0 Å². The van der Waals surface area contributed by atoms with Gasteiger partial charge in [0.05, 0.1) is 18.8 Å². The highest BCUT2D eigenvalue weighted by Gasteiger charge is 2.17. The van der Waals surface area contributed by atoms with Crippen LogP contribution in [0.5, 0.6) is 0 Å². The van der Waals surface area contributed by atoms with Gasteiger partial charge >= 0.3 is 0 Å². The van der Waals surface area contributed by atoms with Gasteiger partial charge in [-0.25, -0.2) is 0 Å². The van der Waals surface area contributed by atoms with Gasteiger partial charge in [-0.15, -0.1) is 0 Å². The van der Waals surface area contributed by atoms with Crippen molar-refractivity contribution in [3.8, 4) is 0 Å². The van der Waals surface area contributed by atoms with Crippen molar-refractivity contribution in [1.29, 1.82) is 0 Å². The Hall–Kier alpha value is -1.13. The normalized spacial score (nSPS) is 13.1. The molecule has 0 aliphatic heterocycles. The lowest BCUT2D eigenvalue weighted by atomic mass is 10.0. The first-order valence-electron chi connectivity index (χ1n) is 22.1. The second kappa shape index (κ2) is 41.3. The summed E-state index contributed by atoms with van der Waals surface area (Å²) in [4.78, 5) is 12.4. The van der Waals surface area contributed by atoms with Crippen molar-refractivity contribution in [3.05, 3.63) is 24.3 Å². The van der Waals surface area contributed by atoms with Crippen molar-refractivity contribution in [3.63, 3.8) is 0 Å². The number of carbonyl (C=O) groups excluding carboxylic acids is 1. The Balaban J connectivity index is 3.48. The molecule has 0 saturated carbocycles. The van der Waals surface area contributed by atoms with Gasteiger partial charge in [-0.3, -0.25) is 4.79 Å². The number of hydrogen-bond acceptors (Lipinski definition) is 3. The Morgan fingerprint density at radius 3 is 1.20 bits per heavy atom. The molecule has 0 aromatic rings. The van der Waals surface area contributed by atoms with E-state index in [4.69, 9.17) is 0 Å². The lowest BCUT2D eigenvalue weighted by Gasteiger charge is -2.20. The number of aliphatic hydroxyl groups is 2. The van der Waals surface area contributed by atoms with Crippen molar-refractivity contribution in [2.75, 3.05) is 6.61 Å². The fourth-order valence-electron chi connectivity index (χ4n) is 6.77. The molecule has 3 N–H and O–H groups in total. The van der Waals surface area contributed by atoms with E-state index in [0.29, 0.717) is 6.42 Å². The third-order valence-electron chi connectivity index (χ3n) is 10.2. The van der Waals surface area contributed by atoms with Crippen LogP contribution in [0.1, 0.15) is 239 Å². The highest BCUT2D eigenvalue weighted by molar-refractivity contribution is 5.76. The largest absolute Gasteiger partial charge is 0.394 e. The van der Waals surface area contributed by atoms with Crippen LogP contribution in [-0.4, -0.2) is 34.9 Å². The van der Waals surface area contributed by atoms with Gasteiger partial charge in [0.15, 0.2) is 0 Å². The van der Waals surface area contributed by atoms with Gasteiger partial charge in [0, 0.05) is 6.42 Å². The maximum absolute atomic E-state index is 12.4. The summed E-state index contributed by atoms with van der Waals surface area (Å²) < 4.78 is 0. The Labute approximate surface area is 307 Å². The maximum Gasteiger partial charge on any atom is 0.220 e. The van der Waals surface area contributed by atoms with Crippen LogP contribution in [0.2, 0.25) is 0 Å². The van der Waals surface area contributed by atoms with Crippen molar-refractivity contribution in [1.82, 2.24) is 5.32 Å². The van der Waals surface area contributed by atoms with Gasteiger partial charge in [-0.2, -0.15) is 0 Å². The molecule has 0 rings (SSSR count). The maximum atomic E-state index is 12.4. The number of unbranched alkanes of at least 4 members (excludes halogenated alkanes) is 31. The van der Waals surface area contributed by atoms with Crippen molar-refractivity contribution < 1.29 is 15.0 Å². The first-order chi connectivity index (χ1) is 24.2. The smallest absolute Gasteiger partial charge is 0.220 e. The highest BCUT2D eigenvalue weighted by atomic mass is 16.3. The number of amides is 1. The zero-order chi connectivity index (χ0) is 35.7. The summed E-state index contributed by atoms with van der Waals surface area (Å²) in [5.74, 6) is -0.0637. The third-order valence-corrected chi connectivity index (χ3v) is 10.2. The van der Waals surface area contributed by atoms with Crippen molar-refractivity contribution >= 4 is 5.91 Å². The van der Waals surface area contributed by atoms with E-state index in [1.165, 1.54) is 193 Å². The molecule has 0 aliphatic rings. The topological polar surface area (TPSA) is 69.6 Å². The quantitative estimate of drug-likeness (QED) is 0.0443. The van der Waals surface area contributed by atoms with E-state index in [0.717, 1.165) is 25.7 Å². The molecule has 0 spiro atoms. The zero-order valence-electron chi connectivity index (χ0n) is 33.2. The summed E-state index contributed by atoms with van der Waals surface area (Å²) in [6.45, 7) is 4.27. The molecule has 0 radical (unpaired) electrons. The molecule has 0 fully saturated rings. The number of rotatable bonds is 40. The number of nitrogens with one attached hydrogen (secondary N) is 1. The Morgan fingerprint density at radius 1 is 0.469 bits per heavy atom. The molecule has 4 heteroatoms. The second-order valence-electron chi connectivity index (χ2n) is 15.1. The summed E-state index contributed by atoms with van der Waals surface area (Å²) in [6, 6.07) is -0.621. The minimum absolute atomic E-state index is 0.0637. The third kappa shape index (κ3) is 37.9. The molecular weight excluding hydrogens is 602 g/mol. The Kier molecular flexibility index (Phi) is 40.3. The van der Waals surface area contributed by atoms with Crippen LogP contribution in [0.4, 0.5) is 0 Å². The van der Waals surface area contributed by atoms with E-state index in [1.807, 2.05) is 6.08 Å². The molecule has 2 atom stereocenters. The van der Waals surface area contributed by atoms with Gasteiger partial charge < -0.3 is 15.5 Å². The predicted octanol–water partition coefficient (Wildman–Crippen LogP) is 13.6. The molecule has 4 nitrogen and oxygen atoms in total. The van der Waals surface area contributed by atoms with Crippen LogP contribution in [0.25, 0.3) is 0 Å². The zero-order valence-corrected chi connectivity index (χ0v) is 33.2. The van der Waals surface area contributed by atoms with E-state index in [-0.39, 0.29) is 12.5 Å². The van der Waals surface area contributed by atoms with Crippen LogP contribution in [0, 0.1) is 0 Å². The Morgan fingerprint density at radius 2 is 0.816 bits per heavy atom. The molecule has 290 valence electrons. The minimum atomic E-state index is -0.839. The standard InChI is InChI=1S/C45H87NO3/c1-3-5-7-9-11-13-15-17-18-19-20-21-22-23-24-25-26-27-29-31-33-35-37-39-41-45(49)46-43(42-47)44(48)40-38-36-34-32-30-28-16-14-12-10-8-6-4-2/h8,10,38,40,43-44,47-48H,3-7,9,11-37,39,41-42H2,1-2H3,(H,46,49)/b10-8-,40-38+/t43-,44+/m0/s1. The SMILES string of the molecule is CCC/C=C\CCCCCCCC/C=C/[C@@H](O)[C@H](CO)NC(=O)CCCCCCCCCCCCCCCCCCCCCCCCCC. The second-order valence-corrected chi connectivity index (χ2v) is 15.1. The van der Waals surface area contributed by atoms with Crippen LogP contribution in [0.3, 0.4) is 0 Å². The monoisotopic (exact) mass is 690 g/mol. The molecule has 0 aromatic carbocycles. The van der Waals surface area contributed by atoms with Gasteiger partial charge in [0.2, 0.25) is 5.91 Å². The van der Waals surface area contributed by atoms with Crippen LogP contribution < -0.4 is 5.32 Å². The van der Waals surface area contributed by atoms with E-state index >= 15 is 0 Å². The first kappa shape index (κ1) is 47.9. The lowest BCUT2D eigenvalue weighted by molar-refractivity contribution is -0.123. The number of hydrogen-bond donors (Lipinski definition) is 3. The molecule has 0 heterocycles. The average molecular weight is 690 g/mol. The fraction of sp³-hybridized carbons (Fsp3) is 0.889. The van der Waals surface area contributed by atoms with Gasteiger partial charge in [-0.05, 0) is 38.5 Å². The first-order valence-corrected chi connectivity index (χ1v) is 22.1. The minimum Gasteiger partial charge on any atom is -0.394 e. The van der Waals surface area contributed by atoms with E-state index < -0.39 is 12.1 Å². The molecule has 1 amide bonds. The number of allylic oxidation sites excluding steroid dienone is 3. The number of aliphatic hydroxyl groups excluding tert-OH is 2. The van der Waals surface area contributed by atoms with Crippen LogP contribution in [-0.2, 0) is 4.79 Å². The molecular formula is C45H87NO3. The van der Waals surface area contributed by atoms with Gasteiger partial charge in [-0.1, -0.05) is 218 Å². The summed E-state index contributed by atoms with van der Waals surface area (Å²) in [5.41, 5.74) is 0. The summed E-state index contributed by atoms with van der Waals surface area (Å²) in [6.07, 6.45) is 52.9. The summed E-state index contributed by atoms with van der Waals surface area (Å²) in [5, 5.41) is 23.0. The van der Waals surface area contributed by atoms with E-state index in [2.05, 4.69) is 31.3 Å². The van der Waals surface area contributed by atoms with Crippen molar-refractivity contribution in [2.45, 2.75) is 251 Å². The van der Waals surface area contributed by atoms with E-state index in [9.17, 15) is 15.0 Å². The van der Waals surface area contributed by atoms with Crippen LogP contribution in [0.15, 0.2) is 24.3 Å². The fourth-order valence-corrected chi connectivity index (χ4v) is 6.77. The lowest BCUT2D eigenvalue weighted by Crippen LogP contribution is -2.45. The van der Waals surface area contributed by atoms with Crippen molar-refractivity contribution in [2.24, 2.45) is 0 Å². The number of carbonyl (C=O) groups is 1. The summed E-state index contributed by atoms with van der Waals surface area (Å²) in [7, 11) is 0. The Bertz CT molecular complexity index is 705. The molecule has 0 bridgehead atoms. The predicted molar refractivity (Wildman–Crippen MR) is 216 cm³/mol. The molecule has 0 aromatic heterocycles. The molecule has 0 unspecified atom stereocenters. The molecule has 49 heavy (non-hydrogen) atoms. The van der Waals surface area contributed by atoms with Gasteiger partial charge in [0.25, 0.3) is 0 Å². The molecule has 0 saturated heterocycles. The van der Waals surface area contributed by atoms with E-state index in [1.54, 1.807) is 6.08 Å². The highest BCUT2D eigenvalue weighted by Crippen LogP contribution is 2.16. The molecule has 0 aliphatic carbocycles. The summed E-state index contributed by atoms with van der Waals surface area (Å²) >= 11 is 0. The van der Waals surface area contributed by atoms with Gasteiger partial charge in [0.1, 0.15) is 0 Å².